The Morgan fingerprint density at radius 1 is 0.613 bits per heavy atom. The number of hydrogen-bond donors (Lipinski definition) is 0. The van der Waals surface area contributed by atoms with E-state index in [2.05, 4.69) is 100 Å². The Morgan fingerprint density at radius 2 is 0.968 bits per heavy atom. The summed E-state index contributed by atoms with van der Waals surface area (Å²) in [5.74, 6) is 0. The van der Waals surface area contributed by atoms with E-state index < -0.39 is 0 Å². The molecule has 0 aromatic heterocycles. The van der Waals surface area contributed by atoms with E-state index in [1.807, 2.05) is 30.3 Å². The van der Waals surface area contributed by atoms with Crippen LogP contribution in [0, 0.1) is 20.8 Å². The van der Waals surface area contributed by atoms with Crippen LogP contribution in [0.5, 0.6) is 0 Å². The van der Waals surface area contributed by atoms with Crippen LogP contribution in [0.1, 0.15) is 16.7 Å². The van der Waals surface area contributed by atoms with E-state index in [9.17, 15) is 0 Å². The maximum atomic E-state index is 3.72. The van der Waals surface area contributed by atoms with Crippen molar-refractivity contribution in [3.63, 3.8) is 0 Å². The average Bonchev–Trinajstić information content (AvgIpc) is 3.31. The normalized spacial score (nSPS) is 8.81. The maximum absolute atomic E-state index is 3.72. The third-order valence-corrected chi connectivity index (χ3v) is 4.37. The van der Waals surface area contributed by atoms with E-state index in [-0.39, 0.29) is 9.41 Å². The van der Waals surface area contributed by atoms with Gasteiger partial charge < -0.3 is 0 Å². The Balaban J connectivity index is 0.000000412. The summed E-state index contributed by atoms with van der Waals surface area (Å²) < 4.78 is 0. The summed E-state index contributed by atoms with van der Waals surface area (Å²) in [6, 6.07) is 35.5. The molecule has 5 aromatic carbocycles. The zero-order valence-electron chi connectivity index (χ0n) is 17.8. The Kier molecular flexibility index (Phi) is 14.4. The molecule has 0 aliphatic rings. The minimum absolute atomic E-state index is 0. The minimum atomic E-state index is 0. The number of hydrogen-bond acceptors (Lipinski definition) is 0. The predicted octanol–water partition coefficient (Wildman–Crippen LogP) is 7.52. The molecule has 0 atom stereocenters. The number of fused-ring (bicyclic) bond motifs is 2. The van der Waals surface area contributed by atoms with Gasteiger partial charge in [0.25, 0.3) is 0 Å². The molecule has 5 rings (SSSR count). The van der Waals surface area contributed by atoms with Crippen LogP contribution in [-0.4, -0.2) is 6.88 Å². The zero-order chi connectivity index (χ0) is 21.1. The van der Waals surface area contributed by atoms with E-state index in [4.69, 9.17) is 0 Å². The van der Waals surface area contributed by atoms with Gasteiger partial charge in [0.15, 0.2) is 0 Å². The molecule has 4 heteroatoms. The van der Waals surface area contributed by atoms with Crippen LogP contribution in [-0.2, 0) is 23.3 Å². The standard InChI is InChI=1S/2C10H9.C7H7.2FH.Si.Zr/c2*1-8-6-9-4-2-3-5-10(9)7-8;1-7-5-3-2-4-6-7;;;;/h2*2-7H,1H3;2-6H,1H2;2*1H;;/q3*-1;;;;. The van der Waals surface area contributed by atoms with E-state index >= 15 is 0 Å². The number of aryl methyl sites for hydroxylation is 2. The van der Waals surface area contributed by atoms with Gasteiger partial charge in [0.05, 0.1) is 0 Å². The Bertz CT molecular complexity index is 992. The van der Waals surface area contributed by atoms with Gasteiger partial charge in [0.2, 0.25) is 0 Å². The number of benzene rings is 3. The Labute approximate surface area is 201 Å². The molecule has 5 aromatic rings. The molecule has 0 aliphatic heterocycles. The molecule has 0 amide bonds. The van der Waals surface area contributed by atoms with Crippen LogP contribution in [0.3, 0.4) is 0 Å². The van der Waals surface area contributed by atoms with Gasteiger partial charge in [0, 0.05) is 0 Å². The molecular weight excluding hydrogens is 482 g/mol. The second-order valence-electron chi connectivity index (χ2n) is 6.81. The molecule has 2 radical (unpaired) electrons. The third-order valence-electron chi connectivity index (χ3n) is 4.37. The Morgan fingerprint density at radius 3 is 1.29 bits per heavy atom. The first-order valence-corrected chi connectivity index (χ1v) is 13.7. The van der Waals surface area contributed by atoms with E-state index in [1.165, 1.54) is 56.0 Å². The Hall–Kier alpha value is -2.29. The summed E-state index contributed by atoms with van der Waals surface area (Å²) in [4.78, 5) is 0. The van der Waals surface area contributed by atoms with Crippen LogP contribution in [0.25, 0.3) is 21.5 Å². The molecule has 0 saturated heterocycles. The van der Waals surface area contributed by atoms with Gasteiger partial charge in [-0.25, -0.2) is 0 Å². The molecule has 0 bridgehead atoms. The molecule has 0 nitrogen and oxygen atoms in total. The van der Waals surface area contributed by atoms with Crippen molar-refractivity contribution in [2.75, 3.05) is 0 Å². The summed E-state index contributed by atoms with van der Waals surface area (Å²) in [6.45, 7) is 11.0. The van der Waals surface area contributed by atoms with Gasteiger partial charge in [0.1, 0.15) is 0 Å². The topological polar surface area (TPSA) is 0 Å². The summed E-state index contributed by atoms with van der Waals surface area (Å²) in [5.41, 5.74) is 3.77. The van der Waals surface area contributed by atoms with Crippen LogP contribution in [0.2, 0.25) is 0 Å². The molecule has 0 aliphatic carbocycles. The summed E-state index contributed by atoms with van der Waals surface area (Å²) in [7, 11) is 0. The number of halogens is 2. The van der Waals surface area contributed by atoms with Crippen molar-refractivity contribution in [3.05, 3.63) is 127 Å². The van der Waals surface area contributed by atoms with E-state index in [0.717, 1.165) is 5.56 Å². The quantitative estimate of drug-likeness (QED) is 0.150. The second kappa shape index (κ2) is 15.5. The fraction of sp³-hybridized carbons (Fsp3) is 0.0741. The van der Waals surface area contributed by atoms with Crippen LogP contribution < -0.4 is 0 Å². The van der Waals surface area contributed by atoms with Gasteiger partial charge in [-0.3, -0.25) is 9.41 Å². The second-order valence-corrected chi connectivity index (χ2v) is 6.81. The SMILES string of the molecule is Cc1cc2ccccc2[cH-]1.Cc1cc2ccccc2[cH-]1.F.F.[CH2-]c1ccccc1.[Si]=[Zr]. The first-order valence-electron chi connectivity index (χ1n) is 9.48. The monoisotopic (exact) mass is 507 g/mol. The van der Waals surface area contributed by atoms with Crippen molar-refractivity contribution in [2.24, 2.45) is 0 Å². The van der Waals surface area contributed by atoms with E-state index in [1.54, 1.807) is 0 Å². The van der Waals surface area contributed by atoms with Crippen LogP contribution in [0.4, 0.5) is 9.41 Å². The van der Waals surface area contributed by atoms with Crippen molar-refractivity contribution >= 4 is 28.4 Å². The molecule has 160 valence electrons. The van der Waals surface area contributed by atoms with Crippen molar-refractivity contribution in [1.29, 1.82) is 0 Å². The first kappa shape index (κ1) is 28.7. The van der Waals surface area contributed by atoms with Crippen molar-refractivity contribution in [1.82, 2.24) is 0 Å². The van der Waals surface area contributed by atoms with Gasteiger partial charge in [-0.05, 0) is 0 Å². The molecule has 0 N–H and O–H groups in total. The molecule has 0 unspecified atom stereocenters. The first-order chi connectivity index (χ1) is 14.1. The average molecular weight is 509 g/mol. The molecular formula is C27H27F2SiZr-3. The van der Waals surface area contributed by atoms with Gasteiger partial charge >= 0.3 is 30.2 Å². The molecule has 0 fully saturated rings. The van der Waals surface area contributed by atoms with Crippen LogP contribution in [0.15, 0.2) is 103 Å². The summed E-state index contributed by atoms with van der Waals surface area (Å²) in [6.07, 6.45) is 0. The van der Waals surface area contributed by atoms with Crippen molar-refractivity contribution in [3.8, 4) is 0 Å². The zero-order valence-corrected chi connectivity index (χ0v) is 21.3. The van der Waals surface area contributed by atoms with Gasteiger partial charge in [-0.1, -0.05) is 32.0 Å². The van der Waals surface area contributed by atoms with Crippen molar-refractivity contribution < 1.29 is 32.7 Å². The van der Waals surface area contributed by atoms with Crippen molar-refractivity contribution in [2.45, 2.75) is 13.8 Å². The third kappa shape index (κ3) is 9.59. The van der Waals surface area contributed by atoms with Crippen LogP contribution >= 0.6 is 0 Å². The summed E-state index contributed by atoms with van der Waals surface area (Å²) >= 11 is 1.36. The molecule has 0 saturated carbocycles. The fourth-order valence-corrected chi connectivity index (χ4v) is 3.09. The van der Waals surface area contributed by atoms with Gasteiger partial charge in [-0.2, -0.15) is 36.8 Å². The molecule has 31 heavy (non-hydrogen) atoms. The number of rotatable bonds is 0. The molecule has 0 spiro atoms. The molecule has 0 heterocycles. The fourth-order valence-electron chi connectivity index (χ4n) is 3.09. The summed E-state index contributed by atoms with van der Waals surface area (Å²) in [5, 5.41) is 5.39. The van der Waals surface area contributed by atoms with Gasteiger partial charge in [-0.15, -0.1) is 93.3 Å². The predicted molar refractivity (Wildman–Crippen MR) is 130 cm³/mol. The van der Waals surface area contributed by atoms with E-state index in [0.29, 0.717) is 0 Å².